The second-order valence-electron chi connectivity index (χ2n) is 14.2. The highest BCUT2D eigenvalue weighted by Gasteiger charge is 2.16. The van der Waals surface area contributed by atoms with Crippen LogP contribution in [0.4, 0.5) is 0 Å². The van der Waals surface area contributed by atoms with Gasteiger partial charge < -0.3 is 4.42 Å². The number of hydrogen-bond acceptors (Lipinski definition) is 4. The second kappa shape index (κ2) is 13.3. The van der Waals surface area contributed by atoms with Crippen molar-refractivity contribution in [3.63, 3.8) is 0 Å². The van der Waals surface area contributed by atoms with E-state index in [0.29, 0.717) is 5.82 Å². The first-order valence-electron chi connectivity index (χ1n) is 18.8. The Balaban J connectivity index is 1.12. The van der Waals surface area contributed by atoms with Gasteiger partial charge in [0.1, 0.15) is 11.2 Å². The number of thiophene rings is 1. The summed E-state index contributed by atoms with van der Waals surface area (Å²) < 4.78 is 8.84. The lowest BCUT2D eigenvalue weighted by Crippen LogP contribution is -1.96. The lowest BCUT2D eigenvalue weighted by atomic mass is 9.92. The van der Waals surface area contributed by atoms with Crippen LogP contribution < -0.4 is 0 Å². The van der Waals surface area contributed by atoms with E-state index in [1.54, 1.807) is 0 Å². The highest BCUT2D eigenvalue weighted by molar-refractivity contribution is 7.26. The van der Waals surface area contributed by atoms with E-state index in [-0.39, 0.29) is 0 Å². The first-order chi connectivity index (χ1) is 27.7. The molecule has 0 amide bonds. The molecular formula is C52H32N2OS. The molecule has 3 heterocycles. The lowest BCUT2D eigenvalue weighted by molar-refractivity contribution is 0.669. The Morgan fingerprint density at radius 2 is 0.911 bits per heavy atom. The molecule has 0 spiro atoms. The topological polar surface area (TPSA) is 38.9 Å². The van der Waals surface area contributed by atoms with E-state index in [1.165, 1.54) is 31.3 Å². The van der Waals surface area contributed by atoms with Gasteiger partial charge in [0.25, 0.3) is 0 Å². The number of para-hydroxylation sites is 1. The normalized spacial score (nSPS) is 11.6. The third-order valence-electron chi connectivity index (χ3n) is 10.7. The van der Waals surface area contributed by atoms with Gasteiger partial charge in [0, 0.05) is 47.6 Å². The Morgan fingerprint density at radius 1 is 0.339 bits per heavy atom. The molecule has 0 bridgehead atoms. The Labute approximate surface area is 327 Å². The Kier molecular flexibility index (Phi) is 7.68. The molecule has 3 nitrogen and oxygen atoms in total. The van der Waals surface area contributed by atoms with Crippen molar-refractivity contribution in [2.75, 3.05) is 0 Å². The van der Waals surface area contributed by atoms with Crippen LogP contribution in [0.3, 0.4) is 0 Å². The van der Waals surface area contributed by atoms with Crippen LogP contribution in [0, 0.1) is 0 Å². The molecule has 0 aliphatic rings. The molecule has 8 aromatic carbocycles. The van der Waals surface area contributed by atoms with E-state index < -0.39 is 0 Å². The van der Waals surface area contributed by atoms with Gasteiger partial charge in [-0.1, -0.05) is 140 Å². The smallest absolute Gasteiger partial charge is 0.160 e. The first kappa shape index (κ1) is 32.3. The van der Waals surface area contributed by atoms with Gasteiger partial charge in [0.15, 0.2) is 5.82 Å². The summed E-state index contributed by atoms with van der Waals surface area (Å²) in [4.78, 5) is 10.3. The van der Waals surface area contributed by atoms with Crippen molar-refractivity contribution in [3.8, 4) is 67.3 Å². The average Bonchev–Trinajstić information content (AvgIpc) is 3.85. The minimum absolute atomic E-state index is 0.693. The van der Waals surface area contributed by atoms with Gasteiger partial charge in [-0.3, -0.25) is 0 Å². The molecule has 3 aromatic heterocycles. The highest BCUT2D eigenvalue weighted by Crippen LogP contribution is 2.42. The van der Waals surface area contributed by atoms with Gasteiger partial charge in [0.2, 0.25) is 0 Å². The summed E-state index contributed by atoms with van der Waals surface area (Å²) >= 11 is 1.86. The average molecular weight is 733 g/mol. The van der Waals surface area contributed by atoms with Crippen LogP contribution in [-0.4, -0.2) is 9.97 Å². The molecule has 0 radical (unpaired) electrons. The van der Waals surface area contributed by atoms with E-state index in [1.807, 2.05) is 47.7 Å². The van der Waals surface area contributed by atoms with Crippen LogP contribution in [0.2, 0.25) is 0 Å². The van der Waals surface area contributed by atoms with Crippen LogP contribution in [-0.2, 0) is 0 Å². The van der Waals surface area contributed by atoms with Crippen molar-refractivity contribution < 1.29 is 4.42 Å². The quantitative estimate of drug-likeness (QED) is 0.171. The van der Waals surface area contributed by atoms with Gasteiger partial charge >= 0.3 is 0 Å². The largest absolute Gasteiger partial charge is 0.456 e. The summed E-state index contributed by atoms with van der Waals surface area (Å²) in [5, 5.41) is 4.81. The van der Waals surface area contributed by atoms with Crippen molar-refractivity contribution in [1.82, 2.24) is 9.97 Å². The third-order valence-corrected chi connectivity index (χ3v) is 11.9. The molecule has 0 atom stereocenters. The Hall–Kier alpha value is -7.14. The highest BCUT2D eigenvalue weighted by atomic mass is 32.1. The lowest BCUT2D eigenvalue weighted by Gasteiger charge is -2.14. The predicted molar refractivity (Wildman–Crippen MR) is 235 cm³/mol. The van der Waals surface area contributed by atoms with Gasteiger partial charge in [-0.15, -0.1) is 11.3 Å². The molecule has 0 saturated carbocycles. The van der Waals surface area contributed by atoms with Crippen molar-refractivity contribution in [2.24, 2.45) is 0 Å². The fourth-order valence-electron chi connectivity index (χ4n) is 7.92. The molecule has 0 aliphatic heterocycles. The number of rotatable bonds is 6. The molecular weight excluding hydrogens is 701 g/mol. The Morgan fingerprint density at radius 3 is 1.73 bits per heavy atom. The number of fused-ring (bicyclic) bond motifs is 6. The van der Waals surface area contributed by atoms with Gasteiger partial charge in [-0.25, -0.2) is 9.97 Å². The predicted octanol–water partition coefficient (Wildman–Crippen LogP) is 14.7. The molecule has 262 valence electrons. The van der Waals surface area contributed by atoms with Gasteiger partial charge in [0.05, 0.1) is 11.4 Å². The van der Waals surface area contributed by atoms with E-state index in [4.69, 9.17) is 14.4 Å². The molecule has 0 fully saturated rings. The van der Waals surface area contributed by atoms with Crippen LogP contribution in [0.25, 0.3) is 109 Å². The van der Waals surface area contributed by atoms with Gasteiger partial charge in [-0.2, -0.15) is 0 Å². The van der Waals surface area contributed by atoms with E-state index in [9.17, 15) is 0 Å². The summed E-state index contributed by atoms with van der Waals surface area (Å²) in [7, 11) is 0. The van der Waals surface area contributed by atoms with Crippen molar-refractivity contribution >= 4 is 53.4 Å². The van der Waals surface area contributed by atoms with Crippen molar-refractivity contribution in [3.05, 3.63) is 194 Å². The zero-order chi connectivity index (χ0) is 37.0. The molecule has 0 unspecified atom stereocenters. The van der Waals surface area contributed by atoms with E-state index >= 15 is 0 Å². The molecule has 0 N–H and O–H groups in total. The number of aromatic nitrogens is 2. The SMILES string of the molecule is c1ccc(-c2cc(-c3cc(-c4cccc(-c5cccc6c5sc5ccccc56)c4)cc(-c4ccc5oc6ccccc6c5c4)c3)nc(-c3ccccc3)n2)cc1. The maximum absolute atomic E-state index is 6.23. The molecule has 4 heteroatoms. The molecule has 0 aliphatic carbocycles. The fraction of sp³-hybridized carbons (Fsp3) is 0. The van der Waals surface area contributed by atoms with Crippen LogP contribution >= 0.6 is 11.3 Å². The van der Waals surface area contributed by atoms with Crippen molar-refractivity contribution in [1.29, 1.82) is 0 Å². The molecule has 0 saturated heterocycles. The minimum Gasteiger partial charge on any atom is -0.456 e. The van der Waals surface area contributed by atoms with Gasteiger partial charge in [-0.05, 0) is 88.0 Å². The Bertz CT molecular complexity index is 3190. The molecule has 11 aromatic rings. The summed E-state index contributed by atoms with van der Waals surface area (Å²) in [6.45, 7) is 0. The third kappa shape index (κ3) is 5.67. The maximum Gasteiger partial charge on any atom is 0.160 e. The first-order valence-corrected chi connectivity index (χ1v) is 19.6. The van der Waals surface area contributed by atoms with Crippen molar-refractivity contribution in [2.45, 2.75) is 0 Å². The monoisotopic (exact) mass is 732 g/mol. The maximum atomic E-state index is 6.23. The van der Waals surface area contributed by atoms with E-state index in [2.05, 4.69) is 158 Å². The van der Waals surface area contributed by atoms with E-state index in [0.717, 1.165) is 72.3 Å². The zero-order valence-corrected chi connectivity index (χ0v) is 31.0. The standard InChI is InChI=1S/C52H32N2OS/c1-3-13-33(14-4-1)46-32-47(54-52(53-46)34-15-5-2-6-16-34)40-29-38(28-39(30-40)36-25-26-49-45(31-36)42-19-7-9-23-48(42)55-49)35-17-11-18-37(27-35)41-21-12-22-44-43-20-8-10-24-50(43)56-51(41)44/h1-32H. The second-order valence-corrected chi connectivity index (χ2v) is 15.2. The molecule has 56 heavy (non-hydrogen) atoms. The summed E-state index contributed by atoms with van der Waals surface area (Å²) in [6, 6.07) is 68.7. The van der Waals surface area contributed by atoms with Crippen LogP contribution in [0.5, 0.6) is 0 Å². The number of nitrogens with zero attached hydrogens (tertiary/aromatic N) is 2. The zero-order valence-electron chi connectivity index (χ0n) is 30.2. The summed E-state index contributed by atoms with van der Waals surface area (Å²) in [5.41, 5.74) is 13.5. The summed E-state index contributed by atoms with van der Waals surface area (Å²) in [5.74, 6) is 0.693. The fourth-order valence-corrected chi connectivity index (χ4v) is 9.16. The number of furan rings is 1. The minimum atomic E-state index is 0.693. The molecule has 11 rings (SSSR count). The summed E-state index contributed by atoms with van der Waals surface area (Å²) in [6.07, 6.45) is 0. The van der Waals surface area contributed by atoms with Crippen LogP contribution in [0.1, 0.15) is 0 Å². The van der Waals surface area contributed by atoms with Crippen LogP contribution in [0.15, 0.2) is 199 Å². The number of hydrogen-bond donors (Lipinski definition) is 0. The number of benzene rings is 8.